The summed E-state index contributed by atoms with van der Waals surface area (Å²) in [7, 11) is 0. The number of nitriles is 1. The number of rotatable bonds is 2. The van der Waals surface area contributed by atoms with Crippen molar-refractivity contribution in [1.82, 2.24) is 4.98 Å². The minimum Gasteiger partial charge on any atom is -0.487 e. The molecule has 1 aromatic heterocycles. The van der Waals surface area contributed by atoms with E-state index in [1.807, 2.05) is 31.2 Å². The van der Waals surface area contributed by atoms with Gasteiger partial charge in [-0.2, -0.15) is 5.26 Å². The molecule has 2 unspecified atom stereocenters. The van der Waals surface area contributed by atoms with Crippen molar-refractivity contribution in [2.45, 2.75) is 38.7 Å². The van der Waals surface area contributed by atoms with Crippen molar-refractivity contribution in [2.24, 2.45) is 5.92 Å². The first-order valence-electron chi connectivity index (χ1n) is 7.20. The van der Waals surface area contributed by atoms with Crippen LogP contribution in [0.1, 0.15) is 31.4 Å². The number of para-hydroxylation sites is 1. The number of aryl methyl sites for hydroxylation is 1. The Morgan fingerprint density at radius 3 is 2.90 bits per heavy atom. The summed E-state index contributed by atoms with van der Waals surface area (Å²) in [5, 5.41) is 10.3. The highest BCUT2D eigenvalue weighted by molar-refractivity contribution is 5.84. The van der Waals surface area contributed by atoms with Gasteiger partial charge in [0.2, 0.25) is 0 Å². The van der Waals surface area contributed by atoms with Crippen LogP contribution in [0.4, 0.5) is 0 Å². The molecule has 0 aliphatic heterocycles. The van der Waals surface area contributed by atoms with Gasteiger partial charge in [0, 0.05) is 11.1 Å². The number of nitrogens with zero attached hydrogens (tertiary/aromatic N) is 2. The molecule has 3 nitrogen and oxygen atoms in total. The summed E-state index contributed by atoms with van der Waals surface area (Å²) >= 11 is 0. The van der Waals surface area contributed by atoms with E-state index in [0.717, 1.165) is 48.0 Å². The molecule has 1 saturated carbocycles. The van der Waals surface area contributed by atoms with Gasteiger partial charge in [-0.1, -0.05) is 24.6 Å². The van der Waals surface area contributed by atoms with Gasteiger partial charge in [0.05, 0.1) is 12.0 Å². The van der Waals surface area contributed by atoms with E-state index in [2.05, 4.69) is 17.1 Å². The smallest absolute Gasteiger partial charge is 0.146 e. The van der Waals surface area contributed by atoms with Crippen LogP contribution < -0.4 is 4.74 Å². The van der Waals surface area contributed by atoms with Crippen molar-refractivity contribution in [3.8, 4) is 11.8 Å². The van der Waals surface area contributed by atoms with Crippen LogP contribution in [0, 0.1) is 24.2 Å². The lowest BCUT2D eigenvalue weighted by molar-refractivity contribution is 0.121. The fourth-order valence-corrected chi connectivity index (χ4v) is 2.86. The molecule has 20 heavy (non-hydrogen) atoms. The molecule has 0 bridgehead atoms. The minimum absolute atomic E-state index is 0.00154. The number of ether oxygens (including phenoxy) is 1. The van der Waals surface area contributed by atoms with Crippen molar-refractivity contribution in [2.75, 3.05) is 0 Å². The number of hydrogen-bond acceptors (Lipinski definition) is 3. The second-order valence-electron chi connectivity index (χ2n) is 5.46. The Labute approximate surface area is 119 Å². The first-order chi connectivity index (χ1) is 9.78. The average Bonchev–Trinajstić information content (AvgIpc) is 2.48. The summed E-state index contributed by atoms with van der Waals surface area (Å²) in [6.07, 6.45) is 4.17. The molecular weight excluding hydrogens is 248 g/mol. The molecular formula is C17H18N2O. The molecule has 0 radical (unpaired) electrons. The number of aromatic nitrogens is 1. The Morgan fingerprint density at radius 1 is 1.20 bits per heavy atom. The van der Waals surface area contributed by atoms with E-state index in [0.29, 0.717) is 0 Å². The summed E-state index contributed by atoms with van der Waals surface area (Å²) in [6, 6.07) is 12.4. The average molecular weight is 266 g/mol. The zero-order valence-electron chi connectivity index (χ0n) is 11.7. The van der Waals surface area contributed by atoms with Gasteiger partial charge in [-0.15, -0.1) is 0 Å². The van der Waals surface area contributed by atoms with Crippen LogP contribution in [-0.2, 0) is 0 Å². The monoisotopic (exact) mass is 266 g/mol. The molecule has 3 heteroatoms. The Hall–Kier alpha value is -2.08. The Balaban J connectivity index is 1.94. The largest absolute Gasteiger partial charge is 0.487 e. The van der Waals surface area contributed by atoms with Crippen molar-refractivity contribution >= 4 is 10.9 Å². The maximum atomic E-state index is 9.25. The maximum absolute atomic E-state index is 9.25. The molecule has 1 aliphatic carbocycles. The number of benzene rings is 1. The molecule has 0 N–H and O–H groups in total. The summed E-state index contributed by atoms with van der Waals surface area (Å²) in [6.45, 7) is 1.98. The van der Waals surface area contributed by atoms with E-state index in [9.17, 15) is 5.26 Å². The van der Waals surface area contributed by atoms with Crippen molar-refractivity contribution in [3.05, 3.63) is 36.0 Å². The first kappa shape index (κ1) is 12.9. The predicted octanol–water partition coefficient (Wildman–Crippen LogP) is 4.00. The van der Waals surface area contributed by atoms with Crippen LogP contribution in [0.5, 0.6) is 5.75 Å². The first-order valence-corrected chi connectivity index (χ1v) is 7.20. The zero-order valence-corrected chi connectivity index (χ0v) is 11.7. The number of pyridine rings is 1. The minimum atomic E-state index is 0.00154. The molecule has 1 aromatic carbocycles. The van der Waals surface area contributed by atoms with Gasteiger partial charge < -0.3 is 4.74 Å². The molecule has 0 amide bonds. The Bertz CT molecular complexity index is 660. The highest BCUT2D eigenvalue weighted by Crippen LogP contribution is 2.31. The molecule has 2 aromatic rings. The lowest BCUT2D eigenvalue weighted by atomic mass is 9.87. The van der Waals surface area contributed by atoms with E-state index >= 15 is 0 Å². The quantitative estimate of drug-likeness (QED) is 0.825. The highest BCUT2D eigenvalue weighted by Gasteiger charge is 2.27. The van der Waals surface area contributed by atoms with Gasteiger partial charge in [-0.05, 0) is 38.3 Å². The van der Waals surface area contributed by atoms with E-state index in [-0.39, 0.29) is 12.0 Å². The van der Waals surface area contributed by atoms with Crippen LogP contribution in [-0.4, -0.2) is 11.1 Å². The standard InChI is InChI=1S/C17H18N2O/c1-12-9-10-13-6-4-8-16(17(13)19-12)20-15-7-3-2-5-14(15)11-18/h4,6,8-10,14-15H,2-3,5,7H2,1H3. The van der Waals surface area contributed by atoms with E-state index < -0.39 is 0 Å². The fraction of sp³-hybridized carbons (Fsp3) is 0.412. The maximum Gasteiger partial charge on any atom is 0.146 e. The fourth-order valence-electron chi connectivity index (χ4n) is 2.86. The summed E-state index contributed by atoms with van der Waals surface area (Å²) in [5.41, 5.74) is 1.88. The van der Waals surface area contributed by atoms with Crippen LogP contribution in [0.3, 0.4) is 0 Å². The van der Waals surface area contributed by atoms with Gasteiger partial charge in [0.1, 0.15) is 17.4 Å². The van der Waals surface area contributed by atoms with Gasteiger partial charge >= 0.3 is 0 Å². The summed E-state index contributed by atoms with van der Waals surface area (Å²) < 4.78 is 6.14. The van der Waals surface area contributed by atoms with Crippen LogP contribution in [0.2, 0.25) is 0 Å². The number of hydrogen-bond donors (Lipinski definition) is 0. The summed E-state index contributed by atoms with van der Waals surface area (Å²) in [4.78, 5) is 4.58. The van der Waals surface area contributed by atoms with E-state index in [1.54, 1.807) is 0 Å². The predicted molar refractivity (Wildman–Crippen MR) is 78.5 cm³/mol. The molecule has 0 saturated heterocycles. The molecule has 1 fully saturated rings. The lowest BCUT2D eigenvalue weighted by Gasteiger charge is -2.27. The van der Waals surface area contributed by atoms with Crippen molar-refractivity contribution in [1.29, 1.82) is 5.26 Å². The van der Waals surface area contributed by atoms with E-state index in [1.165, 1.54) is 0 Å². The normalized spacial score (nSPS) is 22.4. The van der Waals surface area contributed by atoms with Crippen LogP contribution in [0.25, 0.3) is 10.9 Å². The van der Waals surface area contributed by atoms with E-state index in [4.69, 9.17) is 4.74 Å². The molecule has 2 atom stereocenters. The van der Waals surface area contributed by atoms with Gasteiger partial charge in [0.25, 0.3) is 0 Å². The molecule has 3 rings (SSSR count). The third-order valence-electron chi connectivity index (χ3n) is 3.97. The number of fused-ring (bicyclic) bond motifs is 1. The van der Waals surface area contributed by atoms with Gasteiger partial charge in [-0.25, -0.2) is 4.98 Å². The second-order valence-corrected chi connectivity index (χ2v) is 5.46. The third kappa shape index (κ3) is 2.46. The zero-order chi connectivity index (χ0) is 13.9. The SMILES string of the molecule is Cc1ccc2cccc(OC3CCCCC3C#N)c2n1. The Morgan fingerprint density at radius 2 is 2.05 bits per heavy atom. The van der Waals surface area contributed by atoms with Crippen molar-refractivity contribution in [3.63, 3.8) is 0 Å². The second kappa shape index (κ2) is 5.50. The third-order valence-corrected chi connectivity index (χ3v) is 3.97. The summed E-state index contributed by atoms with van der Waals surface area (Å²) in [5.74, 6) is 0.808. The van der Waals surface area contributed by atoms with Gasteiger partial charge in [-0.3, -0.25) is 0 Å². The van der Waals surface area contributed by atoms with Crippen molar-refractivity contribution < 1.29 is 4.74 Å². The highest BCUT2D eigenvalue weighted by atomic mass is 16.5. The molecule has 0 spiro atoms. The van der Waals surface area contributed by atoms with Gasteiger partial charge in [0.15, 0.2) is 0 Å². The molecule has 1 heterocycles. The molecule has 102 valence electrons. The van der Waals surface area contributed by atoms with Crippen LogP contribution in [0.15, 0.2) is 30.3 Å². The lowest BCUT2D eigenvalue weighted by Crippen LogP contribution is -2.29. The Kier molecular flexibility index (Phi) is 3.56. The molecule has 1 aliphatic rings. The van der Waals surface area contributed by atoms with Crippen LogP contribution >= 0.6 is 0 Å². The topological polar surface area (TPSA) is 45.9 Å².